The number of pyridine rings is 2. The van der Waals surface area contributed by atoms with Gasteiger partial charge in [-0.15, -0.1) is 0 Å². The molecule has 2 aromatic heterocycles. The molecule has 1 unspecified atom stereocenters. The average molecular weight is 318 g/mol. The van der Waals surface area contributed by atoms with Crippen LogP contribution in [0.2, 0.25) is 0 Å². The van der Waals surface area contributed by atoms with Crippen molar-refractivity contribution in [2.75, 3.05) is 5.32 Å². The van der Waals surface area contributed by atoms with E-state index in [1.165, 1.54) is 0 Å². The van der Waals surface area contributed by atoms with E-state index in [2.05, 4.69) is 15.3 Å². The Morgan fingerprint density at radius 1 is 1.00 bits per heavy atom. The predicted molar refractivity (Wildman–Crippen MR) is 94.5 cm³/mol. The van der Waals surface area contributed by atoms with E-state index < -0.39 is 0 Å². The van der Waals surface area contributed by atoms with Gasteiger partial charge in [0.15, 0.2) is 0 Å². The topological polar surface area (TPSA) is 80.9 Å². The fourth-order valence-corrected chi connectivity index (χ4v) is 2.51. The Labute approximate surface area is 140 Å². The van der Waals surface area contributed by atoms with E-state index in [4.69, 9.17) is 5.73 Å². The van der Waals surface area contributed by atoms with Crippen molar-refractivity contribution in [3.63, 3.8) is 0 Å². The van der Waals surface area contributed by atoms with Crippen LogP contribution in [0, 0.1) is 0 Å². The lowest BCUT2D eigenvalue weighted by Crippen LogP contribution is -2.13. The van der Waals surface area contributed by atoms with E-state index >= 15 is 0 Å². The van der Waals surface area contributed by atoms with Gasteiger partial charge < -0.3 is 11.1 Å². The lowest BCUT2D eigenvalue weighted by Gasteiger charge is -2.15. The summed E-state index contributed by atoms with van der Waals surface area (Å²) >= 11 is 0. The first-order valence-electron chi connectivity index (χ1n) is 7.66. The summed E-state index contributed by atoms with van der Waals surface area (Å²) in [5.41, 5.74) is 10.3. The largest absolute Gasteiger partial charge is 0.324 e. The molecule has 1 amide bonds. The minimum atomic E-state index is -0.173. The molecule has 1 atom stereocenters. The maximum absolute atomic E-state index is 12.5. The monoisotopic (exact) mass is 318 g/mol. The lowest BCUT2D eigenvalue weighted by atomic mass is 9.94. The van der Waals surface area contributed by atoms with Crippen molar-refractivity contribution in [3.05, 3.63) is 78.4 Å². The van der Waals surface area contributed by atoms with Crippen LogP contribution in [0.15, 0.2) is 67.3 Å². The summed E-state index contributed by atoms with van der Waals surface area (Å²) in [6.07, 6.45) is 6.72. The molecule has 1 aromatic carbocycles. The first kappa shape index (κ1) is 15.8. The van der Waals surface area contributed by atoms with Crippen molar-refractivity contribution in [1.29, 1.82) is 0 Å². The van der Waals surface area contributed by atoms with Gasteiger partial charge in [-0.25, -0.2) is 0 Å². The highest BCUT2D eigenvalue weighted by Gasteiger charge is 2.13. The molecule has 0 fully saturated rings. The lowest BCUT2D eigenvalue weighted by molar-refractivity contribution is 0.102. The second-order valence-electron chi connectivity index (χ2n) is 5.52. The summed E-state index contributed by atoms with van der Waals surface area (Å²) in [6, 6.07) is 12.7. The number of nitrogens with two attached hydrogens (primary N) is 1. The molecule has 0 aliphatic rings. The SMILES string of the molecule is CC(N)c1ccc(C(=O)Nc2ccncc2)cc1-c1ccncc1. The average Bonchev–Trinajstić information content (AvgIpc) is 2.62. The van der Waals surface area contributed by atoms with Gasteiger partial charge in [0.2, 0.25) is 0 Å². The van der Waals surface area contributed by atoms with E-state index in [0.717, 1.165) is 16.7 Å². The number of rotatable bonds is 4. The van der Waals surface area contributed by atoms with Crippen molar-refractivity contribution in [3.8, 4) is 11.1 Å². The number of nitrogens with zero attached hydrogens (tertiary/aromatic N) is 2. The number of carbonyl (C=O) groups is 1. The van der Waals surface area contributed by atoms with Crippen LogP contribution < -0.4 is 11.1 Å². The molecule has 0 saturated heterocycles. The fourth-order valence-electron chi connectivity index (χ4n) is 2.51. The van der Waals surface area contributed by atoms with Crippen LogP contribution in [0.25, 0.3) is 11.1 Å². The van der Waals surface area contributed by atoms with Gasteiger partial charge in [0.25, 0.3) is 5.91 Å². The second kappa shape index (κ2) is 7.02. The van der Waals surface area contributed by atoms with E-state index in [9.17, 15) is 4.79 Å². The van der Waals surface area contributed by atoms with Gasteiger partial charge in [0, 0.05) is 42.1 Å². The highest BCUT2D eigenvalue weighted by atomic mass is 16.1. The number of amides is 1. The van der Waals surface area contributed by atoms with Crippen LogP contribution in [0.3, 0.4) is 0 Å². The van der Waals surface area contributed by atoms with Crippen LogP contribution >= 0.6 is 0 Å². The van der Waals surface area contributed by atoms with Gasteiger partial charge in [-0.05, 0) is 60.0 Å². The van der Waals surface area contributed by atoms with E-state index in [1.807, 2.05) is 31.2 Å². The summed E-state index contributed by atoms with van der Waals surface area (Å²) < 4.78 is 0. The molecule has 5 heteroatoms. The quantitative estimate of drug-likeness (QED) is 0.772. The maximum atomic E-state index is 12.5. The van der Waals surface area contributed by atoms with E-state index in [0.29, 0.717) is 11.3 Å². The van der Waals surface area contributed by atoms with Gasteiger partial charge >= 0.3 is 0 Å². The zero-order valence-electron chi connectivity index (χ0n) is 13.3. The summed E-state index contributed by atoms with van der Waals surface area (Å²) in [5, 5.41) is 2.86. The zero-order valence-corrected chi connectivity index (χ0v) is 13.3. The van der Waals surface area contributed by atoms with E-state index in [-0.39, 0.29) is 11.9 Å². The van der Waals surface area contributed by atoms with Crippen molar-refractivity contribution < 1.29 is 4.79 Å². The zero-order chi connectivity index (χ0) is 16.9. The number of anilines is 1. The number of carbonyl (C=O) groups excluding carboxylic acids is 1. The standard InChI is InChI=1S/C19H18N4O/c1-13(20)17-3-2-15(12-18(17)14-4-8-21-9-5-14)19(24)23-16-6-10-22-11-7-16/h2-13H,20H2,1H3,(H,22,23,24). The third kappa shape index (κ3) is 3.47. The molecule has 120 valence electrons. The Morgan fingerprint density at radius 2 is 1.62 bits per heavy atom. The molecule has 3 aromatic rings. The number of hydrogen-bond acceptors (Lipinski definition) is 4. The number of nitrogens with one attached hydrogen (secondary N) is 1. The summed E-state index contributed by atoms with van der Waals surface area (Å²) in [7, 11) is 0. The van der Waals surface area contributed by atoms with Crippen molar-refractivity contribution in [2.24, 2.45) is 5.73 Å². The molecule has 0 aliphatic carbocycles. The van der Waals surface area contributed by atoms with Gasteiger partial charge in [-0.3, -0.25) is 14.8 Å². The molecule has 0 bridgehead atoms. The maximum Gasteiger partial charge on any atom is 0.255 e. The van der Waals surface area contributed by atoms with E-state index in [1.54, 1.807) is 43.0 Å². The summed E-state index contributed by atoms with van der Waals surface area (Å²) in [5.74, 6) is -0.173. The Hall–Kier alpha value is -3.05. The first-order valence-corrected chi connectivity index (χ1v) is 7.66. The van der Waals surface area contributed by atoms with Crippen LogP contribution in [-0.4, -0.2) is 15.9 Å². The third-order valence-corrected chi connectivity index (χ3v) is 3.74. The Balaban J connectivity index is 1.97. The molecule has 0 saturated carbocycles. The van der Waals surface area contributed by atoms with Gasteiger partial charge in [-0.2, -0.15) is 0 Å². The summed E-state index contributed by atoms with van der Waals surface area (Å²) in [4.78, 5) is 20.5. The molecule has 0 aliphatic heterocycles. The van der Waals surface area contributed by atoms with Gasteiger partial charge in [-0.1, -0.05) is 6.07 Å². The smallest absolute Gasteiger partial charge is 0.255 e. The van der Waals surface area contributed by atoms with Crippen LogP contribution in [0.4, 0.5) is 5.69 Å². The molecule has 24 heavy (non-hydrogen) atoms. The van der Waals surface area contributed by atoms with Crippen molar-refractivity contribution in [2.45, 2.75) is 13.0 Å². The third-order valence-electron chi connectivity index (χ3n) is 3.74. The van der Waals surface area contributed by atoms with Crippen LogP contribution in [0.1, 0.15) is 28.9 Å². The molecule has 5 nitrogen and oxygen atoms in total. The molecular formula is C19H18N4O. The minimum Gasteiger partial charge on any atom is -0.324 e. The van der Waals surface area contributed by atoms with Gasteiger partial charge in [0.05, 0.1) is 0 Å². The number of benzene rings is 1. The molecular weight excluding hydrogens is 300 g/mol. The second-order valence-corrected chi connectivity index (χ2v) is 5.52. The normalized spacial score (nSPS) is 11.8. The molecule has 2 heterocycles. The Kier molecular flexibility index (Phi) is 4.63. The highest BCUT2D eigenvalue weighted by Crippen LogP contribution is 2.28. The predicted octanol–water partition coefficient (Wildman–Crippen LogP) is 3.42. The molecule has 3 rings (SSSR count). The molecule has 0 radical (unpaired) electrons. The minimum absolute atomic E-state index is 0.134. The van der Waals surface area contributed by atoms with Crippen molar-refractivity contribution >= 4 is 11.6 Å². The summed E-state index contributed by atoms with van der Waals surface area (Å²) in [6.45, 7) is 1.93. The fraction of sp³-hybridized carbons (Fsp3) is 0.105. The Bertz CT molecular complexity index is 833. The molecule has 3 N–H and O–H groups in total. The molecule has 0 spiro atoms. The number of aromatic nitrogens is 2. The van der Waals surface area contributed by atoms with Crippen LogP contribution in [-0.2, 0) is 0 Å². The Morgan fingerprint density at radius 3 is 2.25 bits per heavy atom. The van der Waals surface area contributed by atoms with Crippen LogP contribution in [0.5, 0.6) is 0 Å². The first-order chi connectivity index (χ1) is 11.6. The highest BCUT2D eigenvalue weighted by molar-refractivity contribution is 6.05. The van der Waals surface area contributed by atoms with Gasteiger partial charge in [0.1, 0.15) is 0 Å². The van der Waals surface area contributed by atoms with Crippen molar-refractivity contribution in [1.82, 2.24) is 9.97 Å². The number of hydrogen-bond donors (Lipinski definition) is 2.